The van der Waals surface area contributed by atoms with Gasteiger partial charge in [0.1, 0.15) is 28.8 Å². The van der Waals surface area contributed by atoms with Crippen molar-refractivity contribution in [3.63, 3.8) is 0 Å². The Balaban J connectivity index is 1.42. The quantitative estimate of drug-likeness (QED) is 0.208. The lowest BCUT2D eigenvalue weighted by Crippen LogP contribution is -2.31. The van der Waals surface area contributed by atoms with E-state index in [9.17, 15) is 4.79 Å². The monoisotopic (exact) mass is 587 g/mol. The first kappa shape index (κ1) is 28.6. The molecular formula is C34H33N7O3. The molecule has 6 rings (SSSR count). The molecule has 6 aromatic rings. The molecule has 3 aromatic carbocycles. The molecule has 3 heterocycles. The van der Waals surface area contributed by atoms with E-state index in [1.54, 1.807) is 20.4 Å². The number of rotatable bonds is 12. The number of aromatic nitrogens is 6. The first-order valence-corrected chi connectivity index (χ1v) is 14.4. The van der Waals surface area contributed by atoms with Gasteiger partial charge in [0.15, 0.2) is 0 Å². The topological polar surface area (TPSA) is 120 Å². The van der Waals surface area contributed by atoms with Gasteiger partial charge >= 0.3 is 0 Å². The number of H-pyrrole nitrogens is 1. The number of aromatic amines is 1. The normalized spacial score (nSPS) is 11.8. The molecule has 3 aromatic heterocycles. The molecule has 10 heteroatoms. The minimum atomic E-state index is -0.325. The van der Waals surface area contributed by atoms with Gasteiger partial charge in [0.05, 0.1) is 32.9 Å². The Morgan fingerprint density at radius 2 is 1.80 bits per heavy atom. The Bertz CT molecular complexity index is 1850. The maximum Gasteiger partial charge on any atom is 0.271 e. The van der Waals surface area contributed by atoms with Crippen LogP contribution >= 0.6 is 0 Å². The summed E-state index contributed by atoms with van der Waals surface area (Å²) in [5, 5.41) is 13.6. The molecule has 1 amide bonds. The second kappa shape index (κ2) is 13.2. The molecule has 2 N–H and O–H groups in total. The fourth-order valence-corrected chi connectivity index (χ4v) is 5.44. The molecule has 0 aliphatic heterocycles. The Hall–Kier alpha value is -5.51. The Morgan fingerprint density at radius 3 is 2.59 bits per heavy atom. The van der Waals surface area contributed by atoms with Crippen molar-refractivity contribution in [1.29, 1.82) is 0 Å². The van der Waals surface area contributed by atoms with Gasteiger partial charge in [-0.15, -0.1) is 10.2 Å². The third-order valence-corrected chi connectivity index (χ3v) is 7.73. The van der Waals surface area contributed by atoms with E-state index in [2.05, 4.69) is 43.0 Å². The fourth-order valence-electron chi connectivity index (χ4n) is 5.44. The molecular weight excluding hydrogens is 554 g/mol. The third kappa shape index (κ3) is 6.14. The highest BCUT2D eigenvalue weighted by atomic mass is 16.5. The summed E-state index contributed by atoms with van der Waals surface area (Å²) < 4.78 is 13.3. The second-order valence-corrected chi connectivity index (χ2v) is 10.4. The van der Waals surface area contributed by atoms with Crippen LogP contribution in [-0.2, 0) is 19.4 Å². The summed E-state index contributed by atoms with van der Waals surface area (Å²) in [7, 11) is 3.29. The number of aryl methyl sites for hydroxylation is 2. The van der Waals surface area contributed by atoms with Crippen LogP contribution in [0.1, 0.15) is 44.7 Å². The molecule has 1 atom stereocenters. The molecule has 0 saturated carbocycles. The zero-order valence-electron chi connectivity index (χ0n) is 24.6. The number of carbonyl (C=O) groups excluding carboxylic acids is 1. The SMILES string of the molecule is COc1ccc(Cn2c(CCc3ccccc3)nnc2C(CNC(=O)c2cnccn2)c2c[nH]c3ccccc23)c(OC)c1. The van der Waals surface area contributed by atoms with Crippen molar-refractivity contribution < 1.29 is 14.3 Å². The zero-order chi connectivity index (χ0) is 30.3. The summed E-state index contributed by atoms with van der Waals surface area (Å²) in [5.41, 5.74) is 4.43. The summed E-state index contributed by atoms with van der Waals surface area (Å²) >= 11 is 0. The smallest absolute Gasteiger partial charge is 0.271 e. The fraction of sp³-hybridized carbons (Fsp3) is 0.206. The van der Waals surface area contributed by atoms with Crippen LogP contribution < -0.4 is 14.8 Å². The molecule has 0 radical (unpaired) electrons. The van der Waals surface area contributed by atoms with Crippen molar-refractivity contribution in [3.05, 3.63) is 132 Å². The van der Waals surface area contributed by atoms with E-state index < -0.39 is 0 Å². The lowest BCUT2D eigenvalue weighted by atomic mass is 9.97. The number of methoxy groups -OCH3 is 2. The number of carbonyl (C=O) groups is 1. The maximum atomic E-state index is 13.1. The van der Waals surface area contributed by atoms with Crippen LogP contribution in [0.4, 0.5) is 0 Å². The van der Waals surface area contributed by atoms with E-state index in [4.69, 9.17) is 19.7 Å². The van der Waals surface area contributed by atoms with Crippen LogP contribution in [0.25, 0.3) is 10.9 Å². The summed E-state index contributed by atoms with van der Waals surface area (Å²) in [6.07, 6.45) is 7.97. The van der Waals surface area contributed by atoms with Gasteiger partial charge in [-0.2, -0.15) is 0 Å². The van der Waals surface area contributed by atoms with Crippen LogP contribution in [-0.4, -0.2) is 56.4 Å². The summed E-state index contributed by atoms with van der Waals surface area (Å²) in [6, 6.07) is 24.2. The maximum absolute atomic E-state index is 13.1. The molecule has 1 unspecified atom stereocenters. The van der Waals surface area contributed by atoms with Gasteiger partial charge in [-0.05, 0) is 35.7 Å². The van der Waals surface area contributed by atoms with Crippen LogP contribution in [0, 0.1) is 0 Å². The molecule has 0 bridgehead atoms. The first-order chi connectivity index (χ1) is 21.6. The number of nitrogens with one attached hydrogen (secondary N) is 2. The molecule has 0 aliphatic carbocycles. The van der Waals surface area contributed by atoms with Gasteiger partial charge in [-0.3, -0.25) is 9.78 Å². The Labute approximate surface area is 255 Å². The Morgan fingerprint density at radius 1 is 0.955 bits per heavy atom. The minimum absolute atomic E-state index is 0.248. The van der Waals surface area contributed by atoms with Crippen molar-refractivity contribution in [3.8, 4) is 11.5 Å². The number of nitrogens with zero attached hydrogens (tertiary/aromatic N) is 5. The van der Waals surface area contributed by atoms with E-state index in [1.807, 2.05) is 60.8 Å². The van der Waals surface area contributed by atoms with Crippen LogP contribution in [0.3, 0.4) is 0 Å². The van der Waals surface area contributed by atoms with Crippen molar-refractivity contribution in [1.82, 2.24) is 35.0 Å². The molecule has 0 spiro atoms. The number of ether oxygens (including phenoxy) is 2. The molecule has 0 fully saturated rings. The second-order valence-electron chi connectivity index (χ2n) is 10.4. The van der Waals surface area contributed by atoms with Gasteiger partial charge in [-0.25, -0.2) is 4.98 Å². The molecule has 222 valence electrons. The molecule has 44 heavy (non-hydrogen) atoms. The summed E-state index contributed by atoms with van der Waals surface area (Å²) in [5.74, 6) is 2.35. The van der Waals surface area contributed by atoms with Crippen LogP contribution in [0.5, 0.6) is 11.5 Å². The van der Waals surface area contributed by atoms with Crippen molar-refractivity contribution >= 4 is 16.8 Å². The third-order valence-electron chi connectivity index (χ3n) is 7.73. The van der Waals surface area contributed by atoms with Crippen molar-refractivity contribution in [2.45, 2.75) is 25.3 Å². The van der Waals surface area contributed by atoms with Crippen LogP contribution in [0.15, 0.2) is 97.6 Å². The highest BCUT2D eigenvalue weighted by Gasteiger charge is 2.27. The number of hydrogen-bond donors (Lipinski definition) is 2. The van der Waals surface area contributed by atoms with Gasteiger partial charge in [-0.1, -0.05) is 48.5 Å². The number of fused-ring (bicyclic) bond motifs is 1. The number of hydrogen-bond acceptors (Lipinski definition) is 7. The van der Waals surface area contributed by atoms with Gasteiger partial charge < -0.3 is 24.3 Å². The first-order valence-electron chi connectivity index (χ1n) is 14.4. The van der Waals surface area contributed by atoms with Crippen LogP contribution in [0.2, 0.25) is 0 Å². The van der Waals surface area contributed by atoms with E-state index in [1.165, 1.54) is 18.0 Å². The largest absolute Gasteiger partial charge is 0.497 e. The number of para-hydroxylation sites is 1. The lowest BCUT2D eigenvalue weighted by Gasteiger charge is -2.20. The predicted octanol–water partition coefficient (Wildman–Crippen LogP) is 4.96. The molecule has 0 saturated heterocycles. The molecule has 10 nitrogen and oxygen atoms in total. The van der Waals surface area contributed by atoms with Gasteiger partial charge in [0.2, 0.25) is 0 Å². The highest BCUT2D eigenvalue weighted by molar-refractivity contribution is 5.92. The van der Waals surface area contributed by atoms with E-state index in [0.717, 1.165) is 40.1 Å². The average Bonchev–Trinajstić information content (AvgIpc) is 3.69. The highest BCUT2D eigenvalue weighted by Crippen LogP contribution is 2.32. The summed E-state index contributed by atoms with van der Waals surface area (Å²) in [4.78, 5) is 24.7. The van der Waals surface area contributed by atoms with Crippen molar-refractivity contribution in [2.75, 3.05) is 20.8 Å². The molecule has 0 aliphatic rings. The van der Waals surface area contributed by atoms with E-state index >= 15 is 0 Å². The average molecular weight is 588 g/mol. The lowest BCUT2D eigenvalue weighted by molar-refractivity contribution is 0.0946. The van der Waals surface area contributed by atoms with E-state index in [-0.39, 0.29) is 24.1 Å². The zero-order valence-corrected chi connectivity index (χ0v) is 24.6. The minimum Gasteiger partial charge on any atom is -0.497 e. The van der Waals surface area contributed by atoms with Gasteiger partial charge in [0.25, 0.3) is 5.91 Å². The Kier molecular flexibility index (Phi) is 8.58. The number of benzene rings is 3. The summed E-state index contributed by atoms with van der Waals surface area (Å²) in [6.45, 7) is 0.740. The number of amides is 1. The van der Waals surface area contributed by atoms with E-state index in [0.29, 0.717) is 24.5 Å². The standard InChI is InChI=1S/C34H33N7O3/c1-43-25-14-13-24(31(18-25)44-2)22-41-32(15-12-23-8-4-3-5-9-23)39-40-33(41)28(20-38-34(42)30-21-35-16-17-36-30)27-19-37-29-11-7-6-10-26(27)29/h3-11,13-14,16-19,21,28,37H,12,15,20,22H2,1-2H3,(H,38,42). The van der Waals surface area contributed by atoms with Gasteiger partial charge in [0, 0.05) is 54.1 Å². The van der Waals surface area contributed by atoms with Crippen molar-refractivity contribution in [2.24, 2.45) is 0 Å². The predicted molar refractivity (Wildman–Crippen MR) is 167 cm³/mol.